The first kappa shape index (κ1) is 8.02. The Morgan fingerprint density at radius 1 is 1.70 bits per heavy atom. The number of pyridine rings is 1. The summed E-state index contributed by atoms with van der Waals surface area (Å²) in [5.74, 6) is 0. The molecule has 0 N–H and O–H groups in total. The Labute approximate surface area is 73.6 Å². The second-order valence-electron chi connectivity index (χ2n) is 2.06. The lowest BCUT2D eigenvalue weighted by Crippen LogP contribution is -1.85. The molecule has 0 fully saturated rings. The highest BCUT2D eigenvalue weighted by Gasteiger charge is 1.96. The molecule has 10 heavy (non-hydrogen) atoms. The van der Waals surface area contributed by atoms with Crippen molar-refractivity contribution in [1.82, 2.24) is 4.98 Å². The van der Waals surface area contributed by atoms with Gasteiger partial charge in [0.15, 0.2) is 0 Å². The van der Waals surface area contributed by atoms with E-state index in [1.165, 1.54) is 0 Å². The number of alkyl halides is 1. The van der Waals surface area contributed by atoms with Gasteiger partial charge >= 0.3 is 0 Å². The summed E-state index contributed by atoms with van der Waals surface area (Å²) in [4.78, 5) is 4.13. The van der Waals surface area contributed by atoms with Crippen molar-refractivity contribution in [3.05, 3.63) is 28.5 Å². The molecule has 3 heteroatoms. The lowest BCUT2D eigenvalue weighted by atomic mass is 10.3. The van der Waals surface area contributed by atoms with Crippen LogP contribution in [0.1, 0.15) is 11.3 Å². The van der Waals surface area contributed by atoms with E-state index in [2.05, 4.69) is 20.9 Å². The van der Waals surface area contributed by atoms with Crippen LogP contribution < -0.4 is 0 Å². The normalized spacial score (nSPS) is 9.90. The Bertz CT molecular complexity index is 237. The second kappa shape index (κ2) is 3.35. The van der Waals surface area contributed by atoms with Gasteiger partial charge < -0.3 is 0 Å². The van der Waals surface area contributed by atoms with E-state index < -0.39 is 0 Å². The number of halogens is 2. The molecule has 0 spiro atoms. The zero-order chi connectivity index (χ0) is 7.56. The lowest BCUT2D eigenvalue weighted by Gasteiger charge is -1.97. The van der Waals surface area contributed by atoms with Crippen molar-refractivity contribution in [2.24, 2.45) is 0 Å². The summed E-state index contributed by atoms with van der Waals surface area (Å²) in [5, 5.41) is 1.54. The number of aryl methyl sites for hydroxylation is 1. The maximum absolute atomic E-state index is 5.83. The predicted octanol–water partition coefficient (Wildman–Crippen LogP) is 2.94. The Kier molecular flexibility index (Phi) is 2.69. The van der Waals surface area contributed by atoms with Crippen molar-refractivity contribution in [3.63, 3.8) is 0 Å². The predicted molar refractivity (Wildman–Crippen MR) is 46.6 cm³/mol. The third-order valence-electron chi connectivity index (χ3n) is 1.23. The highest BCUT2D eigenvalue weighted by Crippen LogP contribution is 2.15. The van der Waals surface area contributed by atoms with Crippen molar-refractivity contribution in [2.75, 3.05) is 0 Å². The maximum atomic E-state index is 5.83. The van der Waals surface area contributed by atoms with Crippen LogP contribution in [0.25, 0.3) is 0 Å². The summed E-state index contributed by atoms with van der Waals surface area (Å²) in [6, 6.07) is 1.87. The third-order valence-corrected chi connectivity index (χ3v) is 2.21. The Morgan fingerprint density at radius 3 is 2.90 bits per heavy atom. The zero-order valence-corrected chi connectivity index (χ0v) is 7.91. The fourth-order valence-electron chi connectivity index (χ4n) is 0.612. The molecule has 1 rings (SSSR count). The van der Waals surface area contributed by atoms with Crippen LogP contribution in [-0.4, -0.2) is 4.98 Å². The molecule has 54 valence electrons. The van der Waals surface area contributed by atoms with Gasteiger partial charge in [-0.1, -0.05) is 27.5 Å². The number of nitrogens with zero attached hydrogens (tertiary/aromatic N) is 1. The minimum Gasteiger partial charge on any atom is -0.260 e. The van der Waals surface area contributed by atoms with Gasteiger partial charge in [-0.05, 0) is 18.6 Å². The molecule has 1 nitrogen and oxygen atoms in total. The monoisotopic (exact) mass is 219 g/mol. The molecule has 1 heterocycles. The molecular formula is C7H7BrClN. The van der Waals surface area contributed by atoms with Crippen LogP contribution in [0.2, 0.25) is 5.02 Å². The van der Waals surface area contributed by atoms with Crippen LogP contribution in [0.4, 0.5) is 0 Å². The molecule has 0 aromatic carbocycles. The molecule has 0 aliphatic carbocycles. The summed E-state index contributed by atoms with van der Waals surface area (Å²) in [7, 11) is 0. The standard InChI is InChI=1S/C7H7BrClN/c1-5-4-10-6(3-8)2-7(5)9/h2,4H,3H2,1H3. The van der Waals surface area contributed by atoms with Gasteiger partial charge in [-0.15, -0.1) is 0 Å². The second-order valence-corrected chi connectivity index (χ2v) is 3.03. The van der Waals surface area contributed by atoms with Crippen molar-refractivity contribution < 1.29 is 0 Å². The van der Waals surface area contributed by atoms with Gasteiger partial charge in [0.05, 0.1) is 5.69 Å². The van der Waals surface area contributed by atoms with Crippen LogP contribution in [0, 0.1) is 6.92 Å². The summed E-state index contributed by atoms with van der Waals surface area (Å²) >= 11 is 9.13. The zero-order valence-electron chi connectivity index (χ0n) is 5.56. The average Bonchev–Trinajstić information content (AvgIpc) is 1.95. The molecular weight excluding hydrogens is 213 g/mol. The lowest BCUT2D eigenvalue weighted by molar-refractivity contribution is 1.16. The molecule has 0 radical (unpaired) electrons. The van der Waals surface area contributed by atoms with Gasteiger partial charge in [0.1, 0.15) is 0 Å². The highest BCUT2D eigenvalue weighted by molar-refractivity contribution is 9.08. The van der Waals surface area contributed by atoms with Gasteiger partial charge in [0, 0.05) is 16.5 Å². The van der Waals surface area contributed by atoms with Crippen molar-refractivity contribution in [3.8, 4) is 0 Å². The highest BCUT2D eigenvalue weighted by atomic mass is 79.9. The van der Waals surface area contributed by atoms with E-state index >= 15 is 0 Å². The molecule has 0 unspecified atom stereocenters. The van der Waals surface area contributed by atoms with E-state index in [9.17, 15) is 0 Å². The van der Waals surface area contributed by atoms with Gasteiger partial charge in [0.2, 0.25) is 0 Å². The van der Waals surface area contributed by atoms with Crippen molar-refractivity contribution >= 4 is 27.5 Å². The Hall–Kier alpha value is -0.0800. The van der Waals surface area contributed by atoms with E-state index in [1.54, 1.807) is 6.20 Å². The SMILES string of the molecule is Cc1cnc(CBr)cc1Cl. The van der Waals surface area contributed by atoms with Gasteiger partial charge in [-0.25, -0.2) is 0 Å². The van der Waals surface area contributed by atoms with Crippen LogP contribution in [-0.2, 0) is 5.33 Å². The quantitative estimate of drug-likeness (QED) is 0.663. The third kappa shape index (κ3) is 1.70. The first-order valence-corrected chi connectivity index (χ1v) is 4.41. The van der Waals surface area contributed by atoms with Crippen LogP contribution in [0.3, 0.4) is 0 Å². The summed E-state index contributed by atoms with van der Waals surface area (Å²) in [6.45, 7) is 1.94. The molecule has 0 aliphatic heterocycles. The number of aromatic nitrogens is 1. The van der Waals surface area contributed by atoms with Crippen LogP contribution >= 0.6 is 27.5 Å². The number of rotatable bonds is 1. The van der Waals surface area contributed by atoms with Gasteiger partial charge in [-0.2, -0.15) is 0 Å². The fourth-order valence-corrected chi connectivity index (χ4v) is 1.09. The van der Waals surface area contributed by atoms with Crippen molar-refractivity contribution in [2.45, 2.75) is 12.3 Å². The van der Waals surface area contributed by atoms with E-state index in [1.807, 2.05) is 13.0 Å². The van der Waals surface area contributed by atoms with E-state index in [4.69, 9.17) is 11.6 Å². The minimum atomic E-state index is 0.757. The van der Waals surface area contributed by atoms with E-state index in [0.717, 1.165) is 21.6 Å². The molecule has 0 saturated carbocycles. The molecule has 0 aliphatic rings. The molecule has 0 atom stereocenters. The summed E-state index contributed by atoms with van der Waals surface area (Å²) in [6.07, 6.45) is 1.78. The van der Waals surface area contributed by atoms with Gasteiger partial charge in [0.25, 0.3) is 0 Å². The number of hydrogen-bond donors (Lipinski definition) is 0. The molecule has 1 aromatic heterocycles. The molecule has 0 bridgehead atoms. The molecule has 1 aromatic rings. The smallest absolute Gasteiger partial charge is 0.0524 e. The minimum absolute atomic E-state index is 0.757. The van der Waals surface area contributed by atoms with Crippen LogP contribution in [0.15, 0.2) is 12.3 Å². The van der Waals surface area contributed by atoms with Crippen LogP contribution in [0.5, 0.6) is 0 Å². The molecule has 0 saturated heterocycles. The topological polar surface area (TPSA) is 12.9 Å². The van der Waals surface area contributed by atoms with E-state index in [-0.39, 0.29) is 0 Å². The first-order chi connectivity index (χ1) is 4.74. The largest absolute Gasteiger partial charge is 0.260 e. The van der Waals surface area contributed by atoms with E-state index in [0.29, 0.717) is 0 Å². The Balaban J connectivity index is 3.04. The average molecular weight is 220 g/mol. The fraction of sp³-hybridized carbons (Fsp3) is 0.286. The number of hydrogen-bond acceptors (Lipinski definition) is 1. The first-order valence-electron chi connectivity index (χ1n) is 2.91. The maximum Gasteiger partial charge on any atom is 0.0524 e. The Morgan fingerprint density at radius 2 is 2.40 bits per heavy atom. The summed E-state index contributed by atoms with van der Waals surface area (Å²) in [5.41, 5.74) is 1.99. The molecule has 0 amide bonds. The summed E-state index contributed by atoms with van der Waals surface area (Å²) < 4.78 is 0. The van der Waals surface area contributed by atoms with Crippen molar-refractivity contribution in [1.29, 1.82) is 0 Å². The van der Waals surface area contributed by atoms with Gasteiger partial charge in [-0.3, -0.25) is 4.98 Å².